The number of Topliss-reactive ketones (excluding diaryl/α,β-unsaturated/α-hetero) is 1. The number of hydrogen-bond acceptors (Lipinski definition) is 6. The van der Waals surface area contributed by atoms with Crippen LogP contribution in [0.5, 0.6) is 5.75 Å². The average molecular weight is 397 g/mol. The van der Waals surface area contributed by atoms with E-state index in [2.05, 4.69) is 16.3 Å². The molecule has 0 saturated carbocycles. The highest BCUT2D eigenvalue weighted by Crippen LogP contribution is 2.31. The highest BCUT2D eigenvalue weighted by molar-refractivity contribution is 7.99. The summed E-state index contributed by atoms with van der Waals surface area (Å²) < 4.78 is 11.4. The number of carbonyl (C=O) groups is 1. The minimum atomic E-state index is 0.0706. The van der Waals surface area contributed by atoms with Crippen molar-refractivity contribution in [2.45, 2.75) is 39.8 Å². The number of benzene rings is 2. The molecule has 1 aromatic heterocycles. The van der Waals surface area contributed by atoms with Gasteiger partial charge < -0.3 is 9.15 Å². The van der Waals surface area contributed by atoms with Crippen LogP contribution >= 0.6 is 11.8 Å². The number of nitrogens with zero attached hydrogens (tertiary/aromatic N) is 2. The summed E-state index contributed by atoms with van der Waals surface area (Å²) in [7, 11) is 0. The summed E-state index contributed by atoms with van der Waals surface area (Å²) in [6.07, 6.45) is 0. The molecular formula is C22H24N2O3S. The Labute approximate surface area is 169 Å². The second-order valence-electron chi connectivity index (χ2n) is 6.65. The predicted octanol–water partition coefficient (Wildman–Crippen LogP) is 5.34. The number of aromatic nitrogens is 2. The van der Waals surface area contributed by atoms with Crippen molar-refractivity contribution in [2.24, 2.45) is 0 Å². The zero-order valence-corrected chi connectivity index (χ0v) is 17.6. The fourth-order valence-corrected chi connectivity index (χ4v) is 3.77. The van der Waals surface area contributed by atoms with Crippen molar-refractivity contribution >= 4 is 17.5 Å². The Morgan fingerprint density at radius 1 is 1.07 bits per heavy atom. The largest absolute Gasteiger partial charge is 0.493 e. The third-order valence-corrected chi connectivity index (χ3v) is 5.61. The van der Waals surface area contributed by atoms with Crippen LogP contribution < -0.4 is 4.74 Å². The van der Waals surface area contributed by atoms with Crippen LogP contribution in [0.25, 0.3) is 11.5 Å². The van der Waals surface area contributed by atoms with Crippen molar-refractivity contribution in [1.82, 2.24) is 10.2 Å². The maximum absolute atomic E-state index is 12.8. The van der Waals surface area contributed by atoms with Crippen LogP contribution in [0.4, 0.5) is 0 Å². The fourth-order valence-electron chi connectivity index (χ4n) is 3.14. The number of carbonyl (C=O) groups excluding carboxylic acids is 1. The first-order valence-electron chi connectivity index (χ1n) is 9.21. The van der Waals surface area contributed by atoms with E-state index in [0.717, 1.165) is 33.4 Å². The van der Waals surface area contributed by atoms with E-state index in [1.165, 1.54) is 11.8 Å². The molecule has 1 heterocycles. The standard InChI is InChI=1S/C22H24N2O3S/c1-6-26-19-10-8-7-9-17(19)21-23-24-22(27-21)28-12-18(25)20-15(4)13(2)11-14(3)16(20)5/h7-11H,6,12H2,1-5H3. The van der Waals surface area contributed by atoms with Crippen molar-refractivity contribution in [3.05, 3.63) is 58.1 Å². The van der Waals surface area contributed by atoms with Gasteiger partial charge in [0, 0.05) is 5.56 Å². The topological polar surface area (TPSA) is 65.2 Å². The molecule has 0 spiro atoms. The molecule has 0 fully saturated rings. The van der Waals surface area contributed by atoms with Crippen molar-refractivity contribution in [3.8, 4) is 17.2 Å². The van der Waals surface area contributed by atoms with Crippen molar-refractivity contribution in [2.75, 3.05) is 12.4 Å². The Hall–Kier alpha value is -2.60. The minimum Gasteiger partial charge on any atom is -0.493 e. The van der Waals surface area contributed by atoms with Gasteiger partial charge >= 0.3 is 0 Å². The van der Waals surface area contributed by atoms with E-state index < -0.39 is 0 Å². The summed E-state index contributed by atoms with van der Waals surface area (Å²) in [4.78, 5) is 12.8. The van der Waals surface area contributed by atoms with Crippen LogP contribution in [0.2, 0.25) is 0 Å². The Balaban J connectivity index is 1.76. The van der Waals surface area contributed by atoms with E-state index in [1.54, 1.807) is 0 Å². The molecule has 2 aromatic carbocycles. The molecule has 0 N–H and O–H groups in total. The summed E-state index contributed by atoms with van der Waals surface area (Å²) in [6, 6.07) is 9.65. The summed E-state index contributed by atoms with van der Waals surface area (Å²) in [5.41, 5.74) is 5.87. The number of para-hydroxylation sites is 1. The van der Waals surface area contributed by atoms with Crippen LogP contribution in [0.3, 0.4) is 0 Å². The molecule has 0 radical (unpaired) electrons. The molecule has 146 valence electrons. The van der Waals surface area contributed by atoms with Gasteiger partial charge in [-0.05, 0) is 69.0 Å². The molecule has 0 bridgehead atoms. The number of thioether (sulfide) groups is 1. The second kappa shape index (κ2) is 8.61. The fraction of sp³-hybridized carbons (Fsp3) is 0.318. The molecule has 0 aliphatic heterocycles. The smallest absolute Gasteiger partial charge is 0.277 e. The number of hydrogen-bond donors (Lipinski definition) is 0. The second-order valence-corrected chi connectivity index (χ2v) is 7.58. The molecule has 3 rings (SSSR count). The van der Waals surface area contributed by atoms with E-state index in [-0.39, 0.29) is 11.5 Å². The normalized spacial score (nSPS) is 10.9. The zero-order valence-electron chi connectivity index (χ0n) is 16.8. The SMILES string of the molecule is CCOc1ccccc1-c1nnc(SCC(=O)c2c(C)c(C)cc(C)c2C)o1. The van der Waals surface area contributed by atoms with Gasteiger partial charge in [-0.25, -0.2) is 0 Å². The lowest BCUT2D eigenvalue weighted by atomic mass is 9.92. The van der Waals surface area contributed by atoms with Gasteiger partial charge in [-0.2, -0.15) is 0 Å². The van der Waals surface area contributed by atoms with Gasteiger partial charge in [0.05, 0.1) is 17.9 Å². The quantitative estimate of drug-likeness (QED) is 0.396. The number of rotatable bonds is 7. The first-order valence-corrected chi connectivity index (χ1v) is 10.2. The molecule has 0 aliphatic rings. The van der Waals surface area contributed by atoms with E-state index in [1.807, 2.05) is 58.9 Å². The lowest BCUT2D eigenvalue weighted by Gasteiger charge is -2.13. The number of ketones is 1. The lowest BCUT2D eigenvalue weighted by Crippen LogP contribution is -2.10. The third-order valence-electron chi connectivity index (χ3n) is 4.80. The Kier molecular flexibility index (Phi) is 6.19. The summed E-state index contributed by atoms with van der Waals surface area (Å²) >= 11 is 1.26. The van der Waals surface area contributed by atoms with Crippen LogP contribution in [0.15, 0.2) is 40.0 Å². The van der Waals surface area contributed by atoms with Gasteiger partial charge in [0.15, 0.2) is 5.78 Å². The molecule has 5 nitrogen and oxygen atoms in total. The van der Waals surface area contributed by atoms with Crippen LogP contribution in [0, 0.1) is 27.7 Å². The Morgan fingerprint density at radius 2 is 1.75 bits per heavy atom. The maximum atomic E-state index is 12.8. The van der Waals surface area contributed by atoms with Gasteiger partial charge in [0.1, 0.15) is 5.75 Å². The number of aryl methyl sites for hydroxylation is 2. The van der Waals surface area contributed by atoms with Gasteiger partial charge in [-0.3, -0.25) is 4.79 Å². The maximum Gasteiger partial charge on any atom is 0.277 e. The molecular weight excluding hydrogens is 372 g/mol. The molecule has 0 saturated heterocycles. The van der Waals surface area contributed by atoms with E-state index in [4.69, 9.17) is 9.15 Å². The first-order chi connectivity index (χ1) is 13.4. The Morgan fingerprint density at radius 3 is 2.43 bits per heavy atom. The lowest BCUT2D eigenvalue weighted by molar-refractivity contribution is 0.102. The molecule has 6 heteroatoms. The van der Waals surface area contributed by atoms with E-state index >= 15 is 0 Å². The third kappa shape index (κ3) is 4.12. The van der Waals surface area contributed by atoms with Crippen molar-refractivity contribution in [3.63, 3.8) is 0 Å². The molecule has 28 heavy (non-hydrogen) atoms. The van der Waals surface area contributed by atoms with Crippen LogP contribution in [-0.2, 0) is 0 Å². The summed E-state index contributed by atoms with van der Waals surface area (Å²) in [5.74, 6) is 1.40. The average Bonchev–Trinajstić information content (AvgIpc) is 3.14. The van der Waals surface area contributed by atoms with Crippen LogP contribution in [0.1, 0.15) is 39.5 Å². The molecule has 0 amide bonds. The molecule has 0 unspecified atom stereocenters. The number of ether oxygens (including phenoxy) is 1. The minimum absolute atomic E-state index is 0.0706. The van der Waals surface area contributed by atoms with Gasteiger partial charge in [-0.1, -0.05) is 30.0 Å². The van der Waals surface area contributed by atoms with Crippen molar-refractivity contribution in [1.29, 1.82) is 0 Å². The predicted molar refractivity (Wildman–Crippen MR) is 111 cm³/mol. The highest BCUT2D eigenvalue weighted by atomic mass is 32.2. The molecule has 3 aromatic rings. The van der Waals surface area contributed by atoms with Gasteiger partial charge in [-0.15, -0.1) is 10.2 Å². The molecule has 0 aliphatic carbocycles. The van der Waals surface area contributed by atoms with E-state index in [9.17, 15) is 4.79 Å². The Bertz CT molecular complexity index is 985. The van der Waals surface area contributed by atoms with Gasteiger partial charge in [0.2, 0.25) is 0 Å². The summed E-state index contributed by atoms with van der Waals surface area (Å²) in [5, 5.41) is 8.56. The first kappa shape index (κ1) is 20.1. The van der Waals surface area contributed by atoms with Gasteiger partial charge in [0.25, 0.3) is 11.1 Å². The zero-order chi connectivity index (χ0) is 20.3. The van der Waals surface area contributed by atoms with E-state index in [0.29, 0.717) is 23.5 Å². The monoisotopic (exact) mass is 396 g/mol. The van der Waals surface area contributed by atoms with Crippen LogP contribution in [-0.4, -0.2) is 28.3 Å². The highest BCUT2D eigenvalue weighted by Gasteiger charge is 2.18. The molecule has 0 atom stereocenters. The summed E-state index contributed by atoms with van der Waals surface area (Å²) in [6.45, 7) is 10.5. The van der Waals surface area contributed by atoms with Crippen molar-refractivity contribution < 1.29 is 13.9 Å².